The first-order valence-electron chi connectivity index (χ1n) is 5.53. The fourth-order valence-electron chi connectivity index (χ4n) is 1.44. The van der Waals surface area contributed by atoms with Crippen molar-refractivity contribution >= 4 is 34.7 Å². The highest BCUT2D eigenvalue weighted by molar-refractivity contribution is 7.10. The van der Waals surface area contributed by atoms with Crippen molar-refractivity contribution < 1.29 is 14.1 Å². The van der Waals surface area contributed by atoms with E-state index in [9.17, 15) is 19.3 Å². The topological polar surface area (TPSA) is 72.2 Å². The van der Waals surface area contributed by atoms with Gasteiger partial charge in [0.2, 0.25) is 5.91 Å². The lowest BCUT2D eigenvalue weighted by atomic mass is 10.2. The molecule has 5 nitrogen and oxygen atoms in total. The van der Waals surface area contributed by atoms with Crippen LogP contribution in [0.15, 0.2) is 41.8 Å². The van der Waals surface area contributed by atoms with E-state index in [2.05, 4.69) is 5.32 Å². The number of amides is 1. The Bertz CT molecular complexity index is 668. The molecule has 0 atom stereocenters. The predicted molar refractivity (Wildman–Crippen MR) is 75.0 cm³/mol. The highest BCUT2D eigenvalue weighted by Gasteiger charge is 2.11. The largest absolute Gasteiger partial charge is 0.320 e. The molecule has 0 saturated heterocycles. The summed E-state index contributed by atoms with van der Waals surface area (Å²) in [6.45, 7) is 0. The maximum atomic E-state index is 13.4. The van der Waals surface area contributed by atoms with Crippen molar-refractivity contribution in [2.45, 2.75) is 0 Å². The molecule has 0 unspecified atom stereocenters. The van der Waals surface area contributed by atoms with Crippen LogP contribution in [-0.2, 0) is 4.79 Å². The van der Waals surface area contributed by atoms with E-state index in [1.54, 1.807) is 6.08 Å². The smallest absolute Gasteiger partial charge is 0.271 e. The molecule has 0 bridgehead atoms. The second kappa shape index (κ2) is 6.07. The Morgan fingerprint density at radius 2 is 2.20 bits per heavy atom. The van der Waals surface area contributed by atoms with Gasteiger partial charge in [-0.2, -0.15) is 0 Å². The van der Waals surface area contributed by atoms with Gasteiger partial charge in [-0.1, -0.05) is 6.07 Å². The molecular weight excluding hydrogens is 283 g/mol. The quantitative estimate of drug-likeness (QED) is 0.533. The highest BCUT2D eigenvalue weighted by Crippen LogP contribution is 2.21. The molecule has 1 N–H and O–H groups in total. The number of nitrogens with one attached hydrogen (secondary N) is 1. The van der Waals surface area contributed by atoms with E-state index in [4.69, 9.17) is 0 Å². The summed E-state index contributed by atoms with van der Waals surface area (Å²) >= 11 is 1.45. The number of rotatable bonds is 4. The summed E-state index contributed by atoms with van der Waals surface area (Å²) < 4.78 is 13.4. The van der Waals surface area contributed by atoms with Crippen LogP contribution in [0.2, 0.25) is 0 Å². The van der Waals surface area contributed by atoms with Gasteiger partial charge in [0.05, 0.1) is 10.6 Å². The summed E-state index contributed by atoms with van der Waals surface area (Å²) in [5.41, 5.74) is -0.510. The third-order valence-corrected chi connectivity index (χ3v) is 3.20. The number of non-ortho nitro benzene ring substituents is 1. The molecule has 7 heteroatoms. The highest BCUT2D eigenvalue weighted by atomic mass is 32.1. The Kier molecular flexibility index (Phi) is 4.21. The van der Waals surface area contributed by atoms with Crippen LogP contribution < -0.4 is 5.32 Å². The minimum Gasteiger partial charge on any atom is -0.320 e. The molecule has 2 aromatic rings. The molecule has 0 aliphatic rings. The average Bonchev–Trinajstić information content (AvgIpc) is 2.92. The van der Waals surface area contributed by atoms with Crippen molar-refractivity contribution in [2.24, 2.45) is 0 Å². The molecule has 0 saturated carbocycles. The number of halogens is 1. The zero-order valence-electron chi connectivity index (χ0n) is 10.1. The monoisotopic (exact) mass is 292 g/mol. The maximum absolute atomic E-state index is 13.4. The summed E-state index contributed by atoms with van der Waals surface area (Å²) in [6.07, 6.45) is 2.82. The third-order valence-electron chi connectivity index (χ3n) is 2.36. The molecule has 0 fully saturated rings. The number of carbonyl (C=O) groups excluding carboxylic acids is 1. The Hall–Kier alpha value is -2.54. The maximum Gasteiger partial charge on any atom is 0.271 e. The molecule has 1 heterocycles. The van der Waals surface area contributed by atoms with Crippen LogP contribution >= 0.6 is 11.3 Å². The Morgan fingerprint density at radius 1 is 1.40 bits per heavy atom. The second-order valence-corrected chi connectivity index (χ2v) is 4.74. The van der Waals surface area contributed by atoms with Crippen molar-refractivity contribution in [2.75, 3.05) is 5.32 Å². The van der Waals surface area contributed by atoms with Gasteiger partial charge in [0, 0.05) is 23.1 Å². The van der Waals surface area contributed by atoms with Crippen LogP contribution in [0.5, 0.6) is 0 Å². The number of nitrogens with zero attached hydrogens (tertiary/aromatic N) is 1. The lowest BCUT2D eigenvalue weighted by Crippen LogP contribution is -2.09. The zero-order valence-corrected chi connectivity index (χ0v) is 10.9. The minimum absolute atomic E-state index is 0.222. The Labute approximate surface area is 117 Å². The van der Waals surface area contributed by atoms with Crippen molar-refractivity contribution in [1.82, 2.24) is 0 Å². The molecule has 1 aromatic carbocycles. The predicted octanol–water partition coefficient (Wildman–Crippen LogP) is 3.45. The number of hydrogen-bond acceptors (Lipinski definition) is 4. The molecule has 0 aliphatic heterocycles. The van der Waals surface area contributed by atoms with E-state index in [-0.39, 0.29) is 11.4 Å². The van der Waals surface area contributed by atoms with E-state index in [0.29, 0.717) is 0 Å². The normalized spacial score (nSPS) is 10.7. The summed E-state index contributed by atoms with van der Waals surface area (Å²) in [6, 6.07) is 6.61. The van der Waals surface area contributed by atoms with E-state index >= 15 is 0 Å². The second-order valence-electron chi connectivity index (χ2n) is 3.76. The molecule has 2 rings (SSSR count). The number of benzene rings is 1. The van der Waals surface area contributed by atoms with E-state index < -0.39 is 16.6 Å². The van der Waals surface area contributed by atoms with Crippen LogP contribution in [-0.4, -0.2) is 10.8 Å². The summed E-state index contributed by atoms with van der Waals surface area (Å²) in [4.78, 5) is 22.4. The van der Waals surface area contributed by atoms with Crippen LogP contribution in [0, 0.1) is 15.9 Å². The number of thiophene rings is 1. The van der Waals surface area contributed by atoms with Gasteiger partial charge < -0.3 is 5.32 Å². The molecule has 1 amide bonds. The fraction of sp³-hybridized carbons (Fsp3) is 0. The van der Waals surface area contributed by atoms with Crippen LogP contribution in [0.1, 0.15) is 4.88 Å². The minimum atomic E-state index is -0.728. The first kappa shape index (κ1) is 13.9. The van der Waals surface area contributed by atoms with Gasteiger partial charge in [0.1, 0.15) is 5.82 Å². The molecular formula is C13H9FN2O3S. The Morgan fingerprint density at radius 3 is 2.85 bits per heavy atom. The third kappa shape index (κ3) is 3.48. The summed E-state index contributed by atoms with van der Waals surface area (Å²) in [5, 5.41) is 14.7. The van der Waals surface area contributed by atoms with Gasteiger partial charge in [-0.3, -0.25) is 14.9 Å². The van der Waals surface area contributed by atoms with Gasteiger partial charge in [0.15, 0.2) is 0 Å². The van der Waals surface area contributed by atoms with Gasteiger partial charge in [0.25, 0.3) is 5.69 Å². The van der Waals surface area contributed by atoms with E-state index in [1.807, 2.05) is 17.5 Å². The average molecular weight is 292 g/mol. The number of hydrogen-bond donors (Lipinski definition) is 1. The van der Waals surface area contributed by atoms with Crippen molar-refractivity contribution in [3.8, 4) is 0 Å². The molecule has 102 valence electrons. The molecule has 0 spiro atoms. The van der Waals surface area contributed by atoms with Gasteiger partial charge in [-0.05, 0) is 23.6 Å². The fourth-order valence-corrected chi connectivity index (χ4v) is 2.06. The van der Waals surface area contributed by atoms with E-state index in [1.165, 1.54) is 17.4 Å². The van der Waals surface area contributed by atoms with Crippen LogP contribution in [0.25, 0.3) is 6.08 Å². The standard InChI is InChI=1S/C13H9FN2O3S/c14-11-5-3-9(16(18)19)8-12(11)15-13(17)6-4-10-2-1-7-20-10/h1-8H,(H,15,17). The van der Waals surface area contributed by atoms with Crippen LogP contribution in [0.4, 0.5) is 15.8 Å². The summed E-state index contributed by atoms with van der Waals surface area (Å²) in [7, 11) is 0. The number of anilines is 1. The van der Waals surface area contributed by atoms with Gasteiger partial charge in [-0.15, -0.1) is 11.3 Å². The number of nitro benzene ring substituents is 1. The zero-order chi connectivity index (χ0) is 14.5. The van der Waals surface area contributed by atoms with Crippen molar-refractivity contribution in [3.63, 3.8) is 0 Å². The molecule has 20 heavy (non-hydrogen) atoms. The van der Waals surface area contributed by atoms with Gasteiger partial charge in [-0.25, -0.2) is 4.39 Å². The lowest BCUT2D eigenvalue weighted by molar-refractivity contribution is -0.384. The first-order valence-corrected chi connectivity index (χ1v) is 6.41. The van der Waals surface area contributed by atoms with Gasteiger partial charge >= 0.3 is 0 Å². The molecule has 0 radical (unpaired) electrons. The Balaban J connectivity index is 2.11. The van der Waals surface area contributed by atoms with E-state index in [0.717, 1.165) is 23.1 Å². The number of nitro groups is 1. The van der Waals surface area contributed by atoms with Crippen molar-refractivity contribution in [1.29, 1.82) is 0 Å². The molecule has 1 aromatic heterocycles. The SMILES string of the molecule is O=C(C=Cc1cccs1)Nc1cc([N+](=O)[O-])ccc1F. The van der Waals surface area contributed by atoms with Crippen molar-refractivity contribution in [3.05, 3.63) is 62.6 Å². The first-order chi connectivity index (χ1) is 9.56. The number of carbonyl (C=O) groups is 1. The summed E-state index contributed by atoms with van der Waals surface area (Å²) in [5.74, 6) is -1.29. The van der Waals surface area contributed by atoms with Crippen LogP contribution in [0.3, 0.4) is 0 Å². The lowest BCUT2D eigenvalue weighted by Gasteiger charge is -2.03. The molecule has 0 aliphatic carbocycles.